The molecule has 4 heteroatoms. The van der Waals surface area contributed by atoms with Crippen molar-refractivity contribution in [3.05, 3.63) is 35.4 Å². The zero-order valence-corrected chi connectivity index (χ0v) is 11.7. The molecule has 104 valence electrons. The topological polar surface area (TPSA) is 58.2 Å². The molecule has 0 aliphatic carbocycles. The fraction of sp³-hybridized carbons (Fsp3) is 0.467. The second kappa shape index (κ2) is 8.29. The lowest BCUT2D eigenvalue weighted by molar-refractivity contribution is -0.120. The minimum Gasteiger partial charge on any atom is -0.356 e. The molecule has 0 atom stereocenters. The van der Waals surface area contributed by atoms with Crippen LogP contribution in [0.2, 0.25) is 0 Å². The van der Waals surface area contributed by atoms with Gasteiger partial charge in [-0.2, -0.15) is 0 Å². The first-order valence-corrected chi connectivity index (χ1v) is 6.75. The highest BCUT2D eigenvalue weighted by Crippen LogP contribution is 2.06. The van der Waals surface area contributed by atoms with Gasteiger partial charge in [0.15, 0.2) is 0 Å². The SMILES string of the molecule is CCCCNC(=O)CCNC(=O)c1ccccc1C. The Morgan fingerprint density at radius 3 is 2.53 bits per heavy atom. The van der Waals surface area contributed by atoms with Crippen LogP contribution in [0.3, 0.4) is 0 Å². The number of aryl methyl sites for hydroxylation is 1. The third kappa shape index (κ3) is 5.55. The van der Waals surface area contributed by atoms with Crippen molar-refractivity contribution in [1.82, 2.24) is 10.6 Å². The summed E-state index contributed by atoms with van der Waals surface area (Å²) >= 11 is 0. The van der Waals surface area contributed by atoms with Gasteiger partial charge in [-0.05, 0) is 25.0 Å². The quantitative estimate of drug-likeness (QED) is 0.739. The Hall–Kier alpha value is -1.84. The molecule has 0 aromatic heterocycles. The molecule has 0 fully saturated rings. The van der Waals surface area contributed by atoms with E-state index in [0.717, 1.165) is 18.4 Å². The summed E-state index contributed by atoms with van der Waals surface area (Å²) in [7, 11) is 0. The van der Waals surface area contributed by atoms with Crippen LogP contribution >= 0.6 is 0 Å². The second-order valence-corrected chi connectivity index (χ2v) is 4.52. The summed E-state index contributed by atoms with van der Waals surface area (Å²) in [6.07, 6.45) is 2.37. The average Bonchev–Trinajstić information content (AvgIpc) is 2.39. The van der Waals surface area contributed by atoms with Crippen molar-refractivity contribution in [3.8, 4) is 0 Å². The third-order valence-electron chi connectivity index (χ3n) is 2.88. The van der Waals surface area contributed by atoms with Crippen LogP contribution < -0.4 is 10.6 Å². The van der Waals surface area contributed by atoms with E-state index in [4.69, 9.17) is 0 Å². The summed E-state index contributed by atoms with van der Waals surface area (Å²) < 4.78 is 0. The molecule has 0 heterocycles. The standard InChI is InChI=1S/C15H22N2O2/c1-3-4-10-16-14(18)9-11-17-15(19)13-8-6-5-7-12(13)2/h5-8H,3-4,9-11H2,1-2H3,(H,16,18)(H,17,19). The molecule has 1 aromatic rings. The Balaban J connectivity index is 2.28. The van der Waals surface area contributed by atoms with Crippen molar-refractivity contribution in [1.29, 1.82) is 0 Å². The summed E-state index contributed by atoms with van der Waals surface area (Å²) in [6, 6.07) is 7.41. The van der Waals surface area contributed by atoms with E-state index in [2.05, 4.69) is 17.6 Å². The van der Waals surface area contributed by atoms with E-state index < -0.39 is 0 Å². The molecule has 19 heavy (non-hydrogen) atoms. The monoisotopic (exact) mass is 262 g/mol. The largest absolute Gasteiger partial charge is 0.356 e. The van der Waals surface area contributed by atoms with Crippen LogP contribution in [0.1, 0.15) is 42.1 Å². The first-order chi connectivity index (χ1) is 9.15. The van der Waals surface area contributed by atoms with Gasteiger partial charge in [0.2, 0.25) is 5.91 Å². The Morgan fingerprint density at radius 1 is 1.11 bits per heavy atom. The fourth-order valence-electron chi connectivity index (χ4n) is 1.71. The lowest BCUT2D eigenvalue weighted by Gasteiger charge is -2.08. The van der Waals surface area contributed by atoms with Crippen molar-refractivity contribution in [3.63, 3.8) is 0 Å². The van der Waals surface area contributed by atoms with Gasteiger partial charge >= 0.3 is 0 Å². The highest BCUT2D eigenvalue weighted by molar-refractivity contribution is 5.95. The number of rotatable bonds is 7. The van der Waals surface area contributed by atoms with Gasteiger partial charge in [0.25, 0.3) is 5.91 Å². The van der Waals surface area contributed by atoms with Gasteiger partial charge in [0.1, 0.15) is 0 Å². The highest BCUT2D eigenvalue weighted by Gasteiger charge is 2.08. The van der Waals surface area contributed by atoms with Crippen molar-refractivity contribution < 1.29 is 9.59 Å². The molecule has 0 unspecified atom stereocenters. The molecule has 0 aliphatic rings. The highest BCUT2D eigenvalue weighted by atomic mass is 16.2. The maximum atomic E-state index is 11.9. The van der Waals surface area contributed by atoms with E-state index in [1.807, 2.05) is 25.1 Å². The Kier molecular flexibility index (Phi) is 6.64. The van der Waals surface area contributed by atoms with Crippen LogP contribution in [-0.2, 0) is 4.79 Å². The molecule has 0 bridgehead atoms. The molecule has 0 spiro atoms. The molecular formula is C15H22N2O2. The van der Waals surface area contributed by atoms with Gasteiger partial charge in [0.05, 0.1) is 0 Å². The minimum atomic E-state index is -0.126. The summed E-state index contributed by atoms with van der Waals surface area (Å²) in [5.74, 6) is -0.141. The number of benzene rings is 1. The number of amides is 2. The number of carbonyl (C=O) groups is 2. The lowest BCUT2D eigenvalue weighted by Crippen LogP contribution is -2.31. The maximum Gasteiger partial charge on any atom is 0.251 e. The molecule has 0 aliphatic heterocycles. The summed E-state index contributed by atoms with van der Waals surface area (Å²) in [5, 5.41) is 5.58. The van der Waals surface area contributed by atoms with Crippen LogP contribution in [0.25, 0.3) is 0 Å². The van der Waals surface area contributed by atoms with Gasteiger partial charge in [-0.3, -0.25) is 9.59 Å². The predicted octanol–water partition coefficient (Wildman–Crippen LogP) is 2.03. The molecule has 1 rings (SSSR count). The second-order valence-electron chi connectivity index (χ2n) is 4.52. The number of hydrogen-bond donors (Lipinski definition) is 2. The van der Waals surface area contributed by atoms with Crippen LogP contribution in [0.15, 0.2) is 24.3 Å². The summed E-state index contributed by atoms with van der Waals surface area (Å²) in [4.78, 5) is 23.3. The maximum absolute atomic E-state index is 11.9. The van der Waals surface area contributed by atoms with Crippen LogP contribution in [-0.4, -0.2) is 24.9 Å². The first-order valence-electron chi connectivity index (χ1n) is 6.75. The molecule has 4 nitrogen and oxygen atoms in total. The Morgan fingerprint density at radius 2 is 1.84 bits per heavy atom. The van der Waals surface area contributed by atoms with E-state index >= 15 is 0 Å². The number of carbonyl (C=O) groups excluding carboxylic acids is 2. The van der Waals surface area contributed by atoms with Gasteiger partial charge in [-0.15, -0.1) is 0 Å². The first kappa shape index (κ1) is 15.2. The molecule has 2 amide bonds. The molecule has 2 N–H and O–H groups in total. The van der Waals surface area contributed by atoms with E-state index in [0.29, 0.717) is 25.1 Å². The van der Waals surface area contributed by atoms with E-state index in [1.165, 1.54) is 0 Å². The zero-order valence-electron chi connectivity index (χ0n) is 11.7. The fourth-order valence-corrected chi connectivity index (χ4v) is 1.71. The van der Waals surface area contributed by atoms with Crippen LogP contribution in [0.5, 0.6) is 0 Å². The number of hydrogen-bond acceptors (Lipinski definition) is 2. The predicted molar refractivity (Wildman–Crippen MR) is 76.0 cm³/mol. The van der Waals surface area contributed by atoms with Gasteiger partial charge in [-0.1, -0.05) is 31.5 Å². The Labute approximate surface area is 114 Å². The lowest BCUT2D eigenvalue weighted by atomic mass is 10.1. The minimum absolute atomic E-state index is 0.0152. The summed E-state index contributed by atoms with van der Waals surface area (Å²) in [6.45, 7) is 5.05. The van der Waals surface area contributed by atoms with Crippen molar-refractivity contribution in [2.75, 3.05) is 13.1 Å². The van der Waals surface area contributed by atoms with Crippen molar-refractivity contribution in [2.45, 2.75) is 33.1 Å². The van der Waals surface area contributed by atoms with Gasteiger partial charge < -0.3 is 10.6 Å². The van der Waals surface area contributed by atoms with E-state index in [-0.39, 0.29) is 11.8 Å². The van der Waals surface area contributed by atoms with E-state index in [9.17, 15) is 9.59 Å². The molecule has 0 radical (unpaired) electrons. The van der Waals surface area contributed by atoms with Gasteiger partial charge in [-0.25, -0.2) is 0 Å². The normalized spacial score (nSPS) is 10.0. The van der Waals surface area contributed by atoms with Crippen molar-refractivity contribution >= 4 is 11.8 Å². The van der Waals surface area contributed by atoms with Crippen LogP contribution in [0, 0.1) is 6.92 Å². The van der Waals surface area contributed by atoms with Gasteiger partial charge in [0, 0.05) is 25.1 Å². The molecule has 0 saturated heterocycles. The Bertz CT molecular complexity index is 430. The molecule has 0 saturated carbocycles. The van der Waals surface area contributed by atoms with E-state index in [1.54, 1.807) is 6.07 Å². The van der Waals surface area contributed by atoms with Crippen LogP contribution in [0.4, 0.5) is 0 Å². The zero-order chi connectivity index (χ0) is 14.1. The average molecular weight is 262 g/mol. The van der Waals surface area contributed by atoms with Crippen molar-refractivity contribution in [2.24, 2.45) is 0 Å². The molecule has 1 aromatic carbocycles. The number of unbranched alkanes of at least 4 members (excludes halogenated alkanes) is 1. The third-order valence-corrected chi connectivity index (χ3v) is 2.88. The number of nitrogens with one attached hydrogen (secondary N) is 2. The molecular weight excluding hydrogens is 240 g/mol. The summed E-state index contributed by atoms with van der Waals surface area (Å²) in [5.41, 5.74) is 1.60. The smallest absolute Gasteiger partial charge is 0.251 e.